The molecule has 0 unspecified atom stereocenters. The number of nitrogens with zero attached hydrogens (tertiary/aromatic N) is 3. The van der Waals surface area contributed by atoms with Gasteiger partial charge in [0.15, 0.2) is 0 Å². The number of thioether (sulfide) groups is 1. The molecule has 0 atom stereocenters. The topological polar surface area (TPSA) is 72.0 Å². The maximum Gasteiger partial charge on any atom is 0.323 e. The van der Waals surface area contributed by atoms with Crippen LogP contribution >= 0.6 is 11.8 Å². The summed E-state index contributed by atoms with van der Waals surface area (Å²) in [6, 6.07) is 8.38. The number of ether oxygens (including phenoxy) is 1. The molecule has 0 aliphatic rings. The Bertz CT molecular complexity index is 576. The van der Waals surface area contributed by atoms with Gasteiger partial charge in [0.05, 0.1) is 6.61 Å². The Hall–Kier alpha value is -2.02. The van der Waals surface area contributed by atoms with Gasteiger partial charge in [0.25, 0.3) is 0 Å². The normalized spacial score (nSPS) is 10.2. The lowest BCUT2D eigenvalue weighted by molar-refractivity contribution is 0.292. The van der Waals surface area contributed by atoms with Gasteiger partial charge in [-0.15, -0.1) is 11.8 Å². The second kappa shape index (κ2) is 7.68. The largest absolute Gasteiger partial charge is 0.463 e. The highest BCUT2D eigenvalue weighted by molar-refractivity contribution is 7.98. The molecule has 0 spiro atoms. The van der Waals surface area contributed by atoms with Gasteiger partial charge in [0.2, 0.25) is 11.9 Å². The van der Waals surface area contributed by atoms with E-state index in [2.05, 4.69) is 25.6 Å². The highest BCUT2D eigenvalue weighted by atomic mass is 32.2. The zero-order chi connectivity index (χ0) is 15.1. The van der Waals surface area contributed by atoms with E-state index < -0.39 is 0 Å². The van der Waals surface area contributed by atoms with E-state index >= 15 is 0 Å². The van der Waals surface area contributed by atoms with Gasteiger partial charge in [0.1, 0.15) is 0 Å². The highest BCUT2D eigenvalue weighted by Crippen LogP contribution is 2.20. The number of hydrogen-bond donors (Lipinski definition) is 2. The van der Waals surface area contributed by atoms with Gasteiger partial charge < -0.3 is 15.4 Å². The van der Waals surface area contributed by atoms with Crippen LogP contribution < -0.4 is 15.4 Å². The summed E-state index contributed by atoms with van der Waals surface area (Å²) in [5.74, 6) is 0.927. The van der Waals surface area contributed by atoms with Crippen LogP contribution in [0, 0.1) is 0 Å². The van der Waals surface area contributed by atoms with E-state index in [1.54, 1.807) is 18.8 Å². The lowest BCUT2D eigenvalue weighted by Gasteiger charge is -2.09. The van der Waals surface area contributed by atoms with Gasteiger partial charge in [-0.1, -0.05) is 6.92 Å². The number of hydrogen-bond acceptors (Lipinski definition) is 7. The third kappa shape index (κ3) is 4.49. The molecule has 112 valence electrons. The molecule has 0 aliphatic carbocycles. The standard InChI is InChI=1S/C14H19N5OS/c1-4-9-20-14-18-12(15-2)17-13(19-14)16-10-5-7-11(21-3)8-6-10/h5-8H,4,9H2,1-3H3,(H2,15,16,17,18,19). The summed E-state index contributed by atoms with van der Waals surface area (Å²) in [5, 5.41) is 6.06. The average Bonchev–Trinajstić information content (AvgIpc) is 2.53. The molecule has 0 bridgehead atoms. The quantitative estimate of drug-likeness (QED) is 0.761. The molecule has 2 aromatic rings. The Morgan fingerprint density at radius 1 is 1.10 bits per heavy atom. The zero-order valence-corrected chi connectivity index (χ0v) is 13.2. The average molecular weight is 305 g/mol. The first-order valence-corrected chi connectivity index (χ1v) is 7.95. The predicted octanol–water partition coefficient (Wildman–Crippen LogP) is 3.17. The fraction of sp³-hybridized carbons (Fsp3) is 0.357. The van der Waals surface area contributed by atoms with E-state index in [-0.39, 0.29) is 0 Å². The van der Waals surface area contributed by atoms with Crippen LogP contribution in [0.2, 0.25) is 0 Å². The number of rotatable bonds is 7. The molecule has 2 rings (SSSR count). The Morgan fingerprint density at radius 2 is 1.81 bits per heavy atom. The third-order valence-electron chi connectivity index (χ3n) is 2.62. The minimum Gasteiger partial charge on any atom is -0.463 e. The first-order chi connectivity index (χ1) is 10.2. The lowest BCUT2D eigenvalue weighted by Crippen LogP contribution is -2.07. The second-order valence-electron chi connectivity index (χ2n) is 4.22. The van der Waals surface area contributed by atoms with Crippen molar-refractivity contribution in [3.8, 4) is 6.01 Å². The summed E-state index contributed by atoms with van der Waals surface area (Å²) in [6.07, 6.45) is 2.95. The van der Waals surface area contributed by atoms with E-state index in [1.165, 1.54) is 4.90 Å². The van der Waals surface area contributed by atoms with Gasteiger partial charge in [-0.2, -0.15) is 15.0 Å². The smallest absolute Gasteiger partial charge is 0.323 e. The molecule has 7 heteroatoms. The molecule has 21 heavy (non-hydrogen) atoms. The molecule has 0 amide bonds. The van der Waals surface area contributed by atoms with Crippen LogP contribution in [-0.2, 0) is 0 Å². The van der Waals surface area contributed by atoms with Crippen molar-refractivity contribution in [3.05, 3.63) is 24.3 Å². The van der Waals surface area contributed by atoms with Crippen molar-refractivity contribution in [2.24, 2.45) is 0 Å². The van der Waals surface area contributed by atoms with Gasteiger partial charge in [0, 0.05) is 17.6 Å². The molecule has 0 radical (unpaired) electrons. The highest BCUT2D eigenvalue weighted by Gasteiger charge is 2.07. The number of aromatic nitrogens is 3. The van der Waals surface area contributed by atoms with E-state index in [9.17, 15) is 0 Å². The van der Waals surface area contributed by atoms with Gasteiger partial charge in [-0.25, -0.2) is 0 Å². The number of benzene rings is 1. The first-order valence-electron chi connectivity index (χ1n) is 6.73. The van der Waals surface area contributed by atoms with Gasteiger partial charge in [-0.05, 0) is 36.9 Å². The third-order valence-corrected chi connectivity index (χ3v) is 3.36. The van der Waals surface area contributed by atoms with Crippen LogP contribution in [0.5, 0.6) is 6.01 Å². The van der Waals surface area contributed by atoms with E-state index in [1.807, 2.05) is 37.4 Å². The summed E-state index contributed by atoms with van der Waals surface area (Å²) in [4.78, 5) is 13.9. The predicted molar refractivity (Wildman–Crippen MR) is 86.7 cm³/mol. The van der Waals surface area contributed by atoms with Crippen molar-refractivity contribution < 1.29 is 4.74 Å². The maximum atomic E-state index is 5.47. The van der Waals surface area contributed by atoms with Crippen LogP contribution in [0.25, 0.3) is 0 Å². The van der Waals surface area contributed by atoms with E-state index in [0.29, 0.717) is 24.5 Å². The van der Waals surface area contributed by atoms with Gasteiger partial charge >= 0.3 is 6.01 Å². The molecule has 0 aliphatic heterocycles. The SMILES string of the molecule is CCCOc1nc(NC)nc(Nc2ccc(SC)cc2)n1. The molecule has 6 nitrogen and oxygen atoms in total. The summed E-state index contributed by atoms with van der Waals surface area (Å²) in [6.45, 7) is 2.61. The van der Waals surface area contributed by atoms with Crippen molar-refractivity contribution >= 4 is 29.3 Å². The molecule has 0 fully saturated rings. The molecule has 0 saturated carbocycles. The molecule has 1 heterocycles. The summed E-state index contributed by atoms with van der Waals surface area (Å²) in [7, 11) is 1.76. The van der Waals surface area contributed by atoms with Crippen molar-refractivity contribution in [1.29, 1.82) is 0 Å². The summed E-state index contributed by atoms with van der Waals surface area (Å²) in [5.41, 5.74) is 0.919. The van der Waals surface area contributed by atoms with E-state index in [0.717, 1.165) is 12.1 Å². The fourth-order valence-electron chi connectivity index (χ4n) is 1.59. The maximum absolute atomic E-state index is 5.47. The Kier molecular flexibility index (Phi) is 5.62. The van der Waals surface area contributed by atoms with Crippen LogP contribution in [-0.4, -0.2) is 34.9 Å². The minimum atomic E-state index is 0.319. The second-order valence-corrected chi connectivity index (χ2v) is 5.10. The molecular weight excluding hydrogens is 286 g/mol. The van der Waals surface area contributed by atoms with E-state index in [4.69, 9.17) is 4.74 Å². The number of nitrogens with one attached hydrogen (secondary N) is 2. The van der Waals surface area contributed by atoms with Crippen LogP contribution in [0.1, 0.15) is 13.3 Å². The Morgan fingerprint density at radius 3 is 2.43 bits per heavy atom. The monoisotopic (exact) mass is 305 g/mol. The van der Waals surface area contributed by atoms with Crippen LogP contribution in [0.4, 0.5) is 17.6 Å². The molecule has 0 saturated heterocycles. The molecular formula is C14H19N5OS. The van der Waals surface area contributed by atoms with Crippen molar-refractivity contribution in [3.63, 3.8) is 0 Å². The lowest BCUT2D eigenvalue weighted by atomic mass is 10.3. The van der Waals surface area contributed by atoms with Crippen LogP contribution in [0.15, 0.2) is 29.2 Å². The molecule has 1 aromatic heterocycles. The zero-order valence-electron chi connectivity index (χ0n) is 12.4. The van der Waals surface area contributed by atoms with Gasteiger partial charge in [-0.3, -0.25) is 0 Å². The molecule has 1 aromatic carbocycles. The first kappa shape index (κ1) is 15.4. The Balaban J connectivity index is 2.16. The number of anilines is 3. The van der Waals surface area contributed by atoms with Crippen molar-refractivity contribution in [2.45, 2.75) is 18.2 Å². The Labute approximate surface area is 128 Å². The van der Waals surface area contributed by atoms with Crippen LogP contribution in [0.3, 0.4) is 0 Å². The summed E-state index contributed by atoms with van der Waals surface area (Å²) < 4.78 is 5.47. The fourth-order valence-corrected chi connectivity index (χ4v) is 1.99. The minimum absolute atomic E-state index is 0.319. The van der Waals surface area contributed by atoms with Crippen molar-refractivity contribution in [2.75, 3.05) is 30.5 Å². The van der Waals surface area contributed by atoms with Crippen molar-refractivity contribution in [1.82, 2.24) is 15.0 Å². The molecule has 2 N–H and O–H groups in total. The summed E-state index contributed by atoms with van der Waals surface area (Å²) >= 11 is 1.70.